The molecule has 0 bridgehead atoms. The highest BCUT2D eigenvalue weighted by atomic mass is 19.1. The Hall–Kier alpha value is -2.27. The van der Waals surface area contributed by atoms with E-state index in [-0.39, 0.29) is 11.4 Å². The van der Waals surface area contributed by atoms with Crippen molar-refractivity contribution in [3.8, 4) is 0 Å². The van der Waals surface area contributed by atoms with Crippen LogP contribution in [0.1, 0.15) is 22.9 Å². The van der Waals surface area contributed by atoms with Crippen LogP contribution >= 0.6 is 0 Å². The van der Waals surface area contributed by atoms with Crippen LogP contribution in [-0.2, 0) is 0 Å². The van der Waals surface area contributed by atoms with Gasteiger partial charge in [0.25, 0.3) is 0 Å². The summed E-state index contributed by atoms with van der Waals surface area (Å²) < 4.78 is 45.5. The third-order valence-corrected chi connectivity index (χ3v) is 3.46. The molecule has 0 aliphatic carbocycles. The van der Waals surface area contributed by atoms with Gasteiger partial charge in [0.2, 0.25) is 0 Å². The molecule has 5 heteroatoms. The van der Waals surface area contributed by atoms with Gasteiger partial charge in [0.05, 0.1) is 6.04 Å². The van der Waals surface area contributed by atoms with E-state index in [0.29, 0.717) is 22.3 Å². The maximum atomic E-state index is 13.3. The van der Waals surface area contributed by atoms with Gasteiger partial charge in [0.15, 0.2) is 0 Å². The summed E-state index contributed by atoms with van der Waals surface area (Å²) in [4.78, 5) is 0. The molecule has 3 rings (SSSR count). The van der Waals surface area contributed by atoms with Crippen molar-refractivity contribution in [2.24, 2.45) is 5.73 Å². The van der Waals surface area contributed by atoms with Crippen LogP contribution < -0.4 is 5.73 Å². The van der Waals surface area contributed by atoms with Gasteiger partial charge in [-0.1, -0.05) is 0 Å². The van der Waals surface area contributed by atoms with Gasteiger partial charge in [-0.15, -0.1) is 0 Å². The quantitative estimate of drug-likeness (QED) is 0.768. The Morgan fingerprint density at radius 3 is 2.29 bits per heavy atom. The zero-order valence-corrected chi connectivity index (χ0v) is 11.2. The number of aryl methyl sites for hydroxylation is 1. The van der Waals surface area contributed by atoms with Crippen molar-refractivity contribution in [2.75, 3.05) is 0 Å². The molecule has 1 unspecified atom stereocenters. The fraction of sp³-hybridized carbons (Fsp3) is 0.125. The predicted molar refractivity (Wildman–Crippen MR) is 73.3 cm³/mol. The standard InChI is InChI=1S/C16H12F3NO/c1-8-13-7-10(17)2-3-14(13)21-16(8)15(20)9-4-11(18)6-12(19)5-9/h2-7,15H,20H2,1H3. The number of fused-ring (bicyclic) bond motifs is 1. The highest BCUT2D eigenvalue weighted by molar-refractivity contribution is 5.82. The van der Waals surface area contributed by atoms with Gasteiger partial charge in [-0.25, -0.2) is 13.2 Å². The molecule has 0 saturated carbocycles. The minimum atomic E-state index is -0.828. The molecular weight excluding hydrogens is 279 g/mol. The molecule has 0 fully saturated rings. The molecule has 1 atom stereocenters. The number of benzene rings is 2. The molecule has 0 radical (unpaired) electrons. The van der Waals surface area contributed by atoms with Crippen LogP contribution in [0.2, 0.25) is 0 Å². The lowest BCUT2D eigenvalue weighted by atomic mass is 10.0. The summed E-state index contributed by atoms with van der Waals surface area (Å²) in [7, 11) is 0. The monoisotopic (exact) mass is 291 g/mol. The van der Waals surface area contributed by atoms with Crippen molar-refractivity contribution in [3.05, 3.63) is 70.7 Å². The lowest BCUT2D eigenvalue weighted by Gasteiger charge is -2.10. The Labute approximate surface area is 119 Å². The van der Waals surface area contributed by atoms with Crippen LogP contribution in [0.5, 0.6) is 0 Å². The Bertz CT molecular complexity index is 805. The largest absolute Gasteiger partial charge is 0.459 e. The van der Waals surface area contributed by atoms with Crippen molar-refractivity contribution >= 4 is 11.0 Å². The van der Waals surface area contributed by atoms with Crippen molar-refractivity contribution in [2.45, 2.75) is 13.0 Å². The first-order chi connectivity index (χ1) is 9.95. The maximum absolute atomic E-state index is 13.3. The molecule has 2 nitrogen and oxygen atoms in total. The smallest absolute Gasteiger partial charge is 0.134 e. The van der Waals surface area contributed by atoms with E-state index in [1.165, 1.54) is 18.2 Å². The first-order valence-corrected chi connectivity index (χ1v) is 6.36. The Kier molecular flexibility index (Phi) is 3.22. The minimum Gasteiger partial charge on any atom is -0.459 e. The molecule has 21 heavy (non-hydrogen) atoms. The molecule has 1 heterocycles. The van der Waals surface area contributed by atoms with Crippen LogP contribution in [0.3, 0.4) is 0 Å². The molecule has 3 aromatic rings. The molecule has 1 aromatic heterocycles. The van der Waals surface area contributed by atoms with E-state index < -0.39 is 17.7 Å². The maximum Gasteiger partial charge on any atom is 0.134 e. The molecule has 0 saturated heterocycles. The molecule has 2 N–H and O–H groups in total. The van der Waals surface area contributed by atoms with Crippen molar-refractivity contribution in [3.63, 3.8) is 0 Å². The van der Waals surface area contributed by atoms with Gasteiger partial charge in [0.1, 0.15) is 28.8 Å². The average Bonchev–Trinajstić information content (AvgIpc) is 2.74. The van der Waals surface area contributed by atoms with Crippen molar-refractivity contribution in [1.82, 2.24) is 0 Å². The fourth-order valence-corrected chi connectivity index (χ4v) is 2.41. The van der Waals surface area contributed by atoms with Gasteiger partial charge in [-0.2, -0.15) is 0 Å². The first kappa shape index (κ1) is 13.7. The number of hydrogen-bond acceptors (Lipinski definition) is 2. The number of halogens is 3. The van der Waals surface area contributed by atoms with E-state index in [1.807, 2.05) is 0 Å². The van der Waals surface area contributed by atoms with E-state index in [1.54, 1.807) is 6.92 Å². The second-order valence-corrected chi connectivity index (χ2v) is 4.91. The summed E-state index contributed by atoms with van der Waals surface area (Å²) in [5, 5.41) is 0.595. The molecule has 0 aliphatic heterocycles. The van der Waals surface area contributed by atoms with E-state index in [0.717, 1.165) is 18.2 Å². The zero-order valence-electron chi connectivity index (χ0n) is 11.2. The van der Waals surface area contributed by atoms with E-state index in [4.69, 9.17) is 10.2 Å². The number of nitrogens with two attached hydrogens (primary N) is 1. The van der Waals surface area contributed by atoms with Crippen LogP contribution in [0.15, 0.2) is 40.8 Å². The van der Waals surface area contributed by atoms with E-state index in [9.17, 15) is 13.2 Å². The molecule has 2 aromatic carbocycles. The minimum absolute atomic E-state index is 0.259. The third-order valence-electron chi connectivity index (χ3n) is 3.46. The van der Waals surface area contributed by atoms with Crippen LogP contribution in [0.25, 0.3) is 11.0 Å². The van der Waals surface area contributed by atoms with Gasteiger partial charge in [-0.05, 0) is 42.8 Å². The SMILES string of the molecule is Cc1c(C(N)c2cc(F)cc(F)c2)oc2ccc(F)cc12. The number of hydrogen-bond donors (Lipinski definition) is 1. The molecule has 0 aliphatic rings. The summed E-state index contributed by atoms with van der Waals surface area (Å²) in [5.41, 5.74) is 7.43. The fourth-order valence-electron chi connectivity index (χ4n) is 2.41. The van der Waals surface area contributed by atoms with Crippen molar-refractivity contribution in [1.29, 1.82) is 0 Å². The average molecular weight is 291 g/mol. The second kappa shape index (κ2) is 4.93. The molecular formula is C16H12F3NO. The Morgan fingerprint density at radius 1 is 0.952 bits per heavy atom. The van der Waals surface area contributed by atoms with Gasteiger partial charge >= 0.3 is 0 Å². The first-order valence-electron chi connectivity index (χ1n) is 6.36. The Balaban J connectivity index is 2.13. The van der Waals surface area contributed by atoms with Gasteiger partial charge in [-0.3, -0.25) is 0 Å². The molecule has 0 amide bonds. The highest BCUT2D eigenvalue weighted by Crippen LogP contribution is 2.32. The normalized spacial score (nSPS) is 12.8. The van der Waals surface area contributed by atoms with Crippen LogP contribution in [0.4, 0.5) is 13.2 Å². The van der Waals surface area contributed by atoms with E-state index in [2.05, 4.69) is 0 Å². The lowest BCUT2D eigenvalue weighted by Crippen LogP contribution is -2.12. The molecule has 0 spiro atoms. The summed E-state index contributed by atoms with van der Waals surface area (Å²) >= 11 is 0. The van der Waals surface area contributed by atoms with E-state index >= 15 is 0 Å². The summed E-state index contributed by atoms with van der Waals surface area (Å²) in [6.07, 6.45) is 0. The zero-order chi connectivity index (χ0) is 15.1. The highest BCUT2D eigenvalue weighted by Gasteiger charge is 2.20. The number of furan rings is 1. The summed E-state index contributed by atoms with van der Waals surface area (Å²) in [6.45, 7) is 1.73. The van der Waals surface area contributed by atoms with Crippen LogP contribution in [0, 0.1) is 24.4 Å². The number of rotatable bonds is 2. The van der Waals surface area contributed by atoms with Crippen LogP contribution in [-0.4, -0.2) is 0 Å². The Morgan fingerprint density at radius 2 is 1.62 bits per heavy atom. The van der Waals surface area contributed by atoms with Crippen molar-refractivity contribution < 1.29 is 17.6 Å². The predicted octanol–water partition coefficient (Wildman–Crippen LogP) is 4.21. The topological polar surface area (TPSA) is 39.2 Å². The summed E-state index contributed by atoms with van der Waals surface area (Å²) in [6, 6.07) is 6.38. The third kappa shape index (κ3) is 2.40. The van der Waals surface area contributed by atoms with Gasteiger partial charge < -0.3 is 10.2 Å². The van der Waals surface area contributed by atoms with Gasteiger partial charge in [0, 0.05) is 17.0 Å². The summed E-state index contributed by atoms with van der Waals surface area (Å²) in [5.74, 6) is -1.44. The molecule has 108 valence electrons. The second-order valence-electron chi connectivity index (χ2n) is 4.91. The lowest BCUT2D eigenvalue weighted by molar-refractivity contribution is 0.515.